The largest absolute Gasteiger partial charge is 0.494 e. The number of rotatable bonds is 9. The molecule has 3 aromatic carbocycles. The topological polar surface area (TPSA) is 69.2 Å². The molecule has 1 aliphatic heterocycles. The molecule has 3 aromatic rings. The number of amides is 1. The number of thioether (sulfide) groups is 1. The van der Waals surface area contributed by atoms with Crippen molar-refractivity contribution >= 4 is 62.1 Å². The molecule has 0 atom stereocenters. The first-order valence-corrected chi connectivity index (χ1v) is 13.3. The molecule has 1 saturated heterocycles. The van der Waals surface area contributed by atoms with E-state index in [-0.39, 0.29) is 5.91 Å². The summed E-state index contributed by atoms with van der Waals surface area (Å²) in [6, 6.07) is 18.6. The van der Waals surface area contributed by atoms with Crippen LogP contribution >= 0.6 is 39.3 Å². The van der Waals surface area contributed by atoms with Crippen molar-refractivity contribution in [1.29, 1.82) is 0 Å². The van der Waals surface area contributed by atoms with Crippen molar-refractivity contribution in [2.75, 3.05) is 13.2 Å². The van der Waals surface area contributed by atoms with Gasteiger partial charge in [0, 0.05) is 15.1 Å². The summed E-state index contributed by atoms with van der Waals surface area (Å²) in [6.45, 7) is 5.21. The molecule has 4 rings (SSSR count). The molecule has 36 heavy (non-hydrogen) atoms. The fourth-order valence-electron chi connectivity index (χ4n) is 3.34. The highest BCUT2D eigenvalue weighted by Gasteiger charge is 2.24. The molecule has 0 radical (unpaired) electrons. The van der Waals surface area contributed by atoms with Crippen LogP contribution < -0.4 is 19.5 Å². The van der Waals surface area contributed by atoms with Gasteiger partial charge in [-0.25, -0.2) is 4.99 Å². The zero-order chi connectivity index (χ0) is 25.5. The molecule has 186 valence electrons. The van der Waals surface area contributed by atoms with Crippen LogP contribution in [0.15, 0.2) is 75.0 Å². The number of hydrogen-bond acceptors (Lipinski definition) is 6. The summed E-state index contributed by atoms with van der Waals surface area (Å²) in [7, 11) is 0. The van der Waals surface area contributed by atoms with Gasteiger partial charge in [-0.05, 0) is 79.7 Å². The maximum Gasteiger partial charge on any atom is 0.264 e. The monoisotopic (exact) mass is 586 g/mol. The molecule has 0 spiro atoms. The van der Waals surface area contributed by atoms with Crippen molar-refractivity contribution in [3.05, 3.63) is 86.2 Å². The van der Waals surface area contributed by atoms with Crippen LogP contribution in [0.2, 0.25) is 5.02 Å². The van der Waals surface area contributed by atoms with E-state index < -0.39 is 0 Å². The summed E-state index contributed by atoms with van der Waals surface area (Å²) < 4.78 is 18.1. The van der Waals surface area contributed by atoms with Crippen molar-refractivity contribution < 1.29 is 19.0 Å². The fourth-order valence-corrected chi connectivity index (χ4v) is 4.80. The third kappa shape index (κ3) is 6.63. The minimum atomic E-state index is -0.214. The van der Waals surface area contributed by atoms with Crippen LogP contribution in [0, 0.1) is 0 Å². The Hall–Kier alpha value is -2.94. The summed E-state index contributed by atoms with van der Waals surface area (Å²) in [5.41, 5.74) is 2.38. The van der Waals surface area contributed by atoms with Gasteiger partial charge < -0.3 is 19.5 Å². The van der Waals surface area contributed by atoms with Crippen LogP contribution in [0.25, 0.3) is 6.08 Å². The average Bonchev–Trinajstić information content (AvgIpc) is 3.20. The van der Waals surface area contributed by atoms with Gasteiger partial charge in [0.05, 0.1) is 23.8 Å². The van der Waals surface area contributed by atoms with Gasteiger partial charge in [-0.15, -0.1) is 0 Å². The van der Waals surface area contributed by atoms with Gasteiger partial charge in [0.25, 0.3) is 5.91 Å². The third-order valence-corrected chi connectivity index (χ3v) is 6.99. The molecular weight excluding hydrogens is 564 g/mol. The van der Waals surface area contributed by atoms with Gasteiger partial charge >= 0.3 is 0 Å². The van der Waals surface area contributed by atoms with E-state index in [0.29, 0.717) is 46.4 Å². The number of halogens is 2. The lowest BCUT2D eigenvalue weighted by molar-refractivity contribution is -0.115. The van der Waals surface area contributed by atoms with Crippen LogP contribution in [0.4, 0.5) is 5.69 Å². The third-order valence-electron chi connectivity index (χ3n) is 5.02. The lowest BCUT2D eigenvalue weighted by Crippen LogP contribution is -2.19. The first-order valence-electron chi connectivity index (χ1n) is 11.3. The van der Waals surface area contributed by atoms with Crippen LogP contribution in [-0.2, 0) is 11.4 Å². The highest BCUT2D eigenvalue weighted by molar-refractivity contribution is 9.10. The van der Waals surface area contributed by atoms with E-state index in [1.807, 2.05) is 74.5 Å². The van der Waals surface area contributed by atoms with Crippen LogP contribution in [0.5, 0.6) is 17.2 Å². The van der Waals surface area contributed by atoms with Crippen LogP contribution in [0.3, 0.4) is 0 Å². The van der Waals surface area contributed by atoms with Gasteiger partial charge in [0.2, 0.25) is 0 Å². The molecular formula is C27H24BrClN2O4S. The average molecular weight is 588 g/mol. The van der Waals surface area contributed by atoms with Gasteiger partial charge in [-0.1, -0.05) is 45.7 Å². The molecule has 9 heteroatoms. The van der Waals surface area contributed by atoms with Crippen LogP contribution in [0.1, 0.15) is 25.0 Å². The summed E-state index contributed by atoms with van der Waals surface area (Å²) in [5.74, 6) is 1.71. The Morgan fingerprint density at radius 2 is 1.72 bits per heavy atom. The summed E-state index contributed by atoms with van der Waals surface area (Å²) >= 11 is 11.1. The molecule has 0 bridgehead atoms. The van der Waals surface area contributed by atoms with E-state index in [4.69, 9.17) is 25.8 Å². The maximum absolute atomic E-state index is 12.6. The van der Waals surface area contributed by atoms with Crippen molar-refractivity contribution in [1.82, 2.24) is 5.32 Å². The van der Waals surface area contributed by atoms with Crippen molar-refractivity contribution in [2.45, 2.75) is 20.5 Å². The molecule has 1 amide bonds. The maximum atomic E-state index is 12.6. The van der Waals surface area contributed by atoms with Crippen LogP contribution in [-0.4, -0.2) is 24.3 Å². The quantitative estimate of drug-likeness (QED) is 0.265. The Kier molecular flexibility index (Phi) is 8.96. The Morgan fingerprint density at radius 3 is 2.44 bits per heavy atom. The number of carbonyl (C=O) groups excluding carboxylic acids is 1. The van der Waals surface area contributed by atoms with E-state index in [9.17, 15) is 4.79 Å². The Balaban J connectivity index is 1.53. The number of hydrogen-bond donors (Lipinski definition) is 1. The lowest BCUT2D eigenvalue weighted by atomic mass is 10.1. The first kappa shape index (κ1) is 26.1. The number of benzene rings is 3. The normalized spacial score (nSPS) is 15.3. The number of amidine groups is 1. The molecule has 1 heterocycles. The van der Waals surface area contributed by atoms with E-state index in [1.165, 1.54) is 11.8 Å². The van der Waals surface area contributed by atoms with Crippen molar-refractivity contribution in [2.24, 2.45) is 4.99 Å². The first-order chi connectivity index (χ1) is 17.5. The van der Waals surface area contributed by atoms with Gasteiger partial charge in [-0.2, -0.15) is 0 Å². The number of nitrogens with zero attached hydrogens (tertiary/aromatic N) is 1. The lowest BCUT2D eigenvalue weighted by Gasteiger charge is -2.14. The molecule has 0 unspecified atom stereocenters. The Morgan fingerprint density at radius 1 is 1.00 bits per heavy atom. The second-order valence-corrected chi connectivity index (χ2v) is 9.83. The summed E-state index contributed by atoms with van der Waals surface area (Å²) in [5, 5.41) is 3.97. The second kappa shape index (κ2) is 12.3. The number of ether oxygens (including phenoxy) is 3. The minimum Gasteiger partial charge on any atom is -0.494 e. The minimum absolute atomic E-state index is 0.214. The smallest absolute Gasteiger partial charge is 0.264 e. The van der Waals surface area contributed by atoms with Crippen molar-refractivity contribution in [3.63, 3.8) is 0 Å². The van der Waals surface area contributed by atoms with Gasteiger partial charge in [-0.3, -0.25) is 4.79 Å². The SMILES string of the molecule is CCOc1ccc(N=C2NC(=O)/C(=C\c3cc(OCC)c(OCc4ccccc4Cl)cc3Br)S2)cc1. The van der Waals surface area contributed by atoms with E-state index in [0.717, 1.165) is 27.0 Å². The second-order valence-electron chi connectivity index (χ2n) is 7.54. The van der Waals surface area contributed by atoms with Gasteiger partial charge in [0.1, 0.15) is 12.4 Å². The van der Waals surface area contributed by atoms with E-state index >= 15 is 0 Å². The van der Waals surface area contributed by atoms with Gasteiger partial charge in [0.15, 0.2) is 16.7 Å². The standard InChI is InChI=1S/C27H24BrClN2O4S/c1-3-33-20-11-9-19(10-12-20)30-27-31-26(32)25(36-27)14-18-13-23(34-4-2)24(15-21(18)28)35-16-17-7-5-6-8-22(17)29/h5-15H,3-4,16H2,1-2H3,(H,30,31,32)/b25-14+. The van der Waals surface area contributed by atoms with Crippen molar-refractivity contribution in [3.8, 4) is 17.2 Å². The Labute approximate surface area is 227 Å². The highest BCUT2D eigenvalue weighted by atomic mass is 79.9. The molecule has 0 aromatic heterocycles. The zero-order valence-electron chi connectivity index (χ0n) is 19.7. The summed E-state index contributed by atoms with van der Waals surface area (Å²) in [6.07, 6.45) is 1.80. The Bertz CT molecular complexity index is 1310. The molecule has 0 aliphatic carbocycles. The molecule has 0 saturated carbocycles. The molecule has 1 fully saturated rings. The number of carbonyl (C=O) groups is 1. The number of aliphatic imine (C=N–C) groups is 1. The number of nitrogens with one attached hydrogen (secondary N) is 1. The fraction of sp³-hybridized carbons (Fsp3) is 0.185. The predicted molar refractivity (Wildman–Crippen MR) is 150 cm³/mol. The van der Waals surface area contributed by atoms with E-state index in [1.54, 1.807) is 6.08 Å². The molecule has 6 nitrogen and oxygen atoms in total. The predicted octanol–water partition coefficient (Wildman–Crippen LogP) is 7.37. The van der Waals surface area contributed by atoms with E-state index in [2.05, 4.69) is 26.2 Å². The highest BCUT2D eigenvalue weighted by Crippen LogP contribution is 2.37. The zero-order valence-corrected chi connectivity index (χ0v) is 22.9. The summed E-state index contributed by atoms with van der Waals surface area (Å²) in [4.78, 5) is 17.7. The molecule has 1 aliphatic rings. The molecule has 1 N–H and O–H groups in total.